The second-order valence-corrected chi connectivity index (χ2v) is 6.27. The molecule has 0 aromatic heterocycles. The van der Waals surface area contributed by atoms with Crippen molar-refractivity contribution in [3.05, 3.63) is 28.8 Å². The average molecular weight is 296 g/mol. The van der Waals surface area contributed by atoms with Crippen LogP contribution in [0, 0.1) is 5.92 Å². The average Bonchev–Trinajstić information content (AvgIpc) is 2.81. The molecule has 1 aromatic rings. The molecule has 1 unspecified atom stereocenters. The molecular formula is C16H26ClN3. The number of nitrogens with zero attached hydrogens (tertiary/aromatic N) is 2. The Bertz CT molecular complexity index is 436. The molecule has 3 nitrogen and oxygen atoms in total. The minimum Gasteiger partial charge on any atom is -0.373 e. The molecule has 1 aromatic carbocycles. The molecule has 0 bridgehead atoms. The van der Waals surface area contributed by atoms with Crippen LogP contribution in [0.5, 0.6) is 0 Å². The van der Waals surface area contributed by atoms with Gasteiger partial charge in [-0.25, -0.2) is 0 Å². The Kier molecular flexibility index (Phi) is 5.70. The Labute approximate surface area is 127 Å². The molecule has 4 heteroatoms. The van der Waals surface area contributed by atoms with Gasteiger partial charge in [0.25, 0.3) is 0 Å². The topological polar surface area (TPSA) is 18.5 Å². The van der Waals surface area contributed by atoms with Crippen molar-refractivity contribution in [2.24, 2.45) is 5.92 Å². The van der Waals surface area contributed by atoms with Crippen LogP contribution in [0.15, 0.2) is 18.2 Å². The number of benzene rings is 1. The van der Waals surface area contributed by atoms with Gasteiger partial charge >= 0.3 is 0 Å². The first-order chi connectivity index (χ1) is 9.60. The summed E-state index contributed by atoms with van der Waals surface area (Å²) in [6.45, 7) is 7.47. The van der Waals surface area contributed by atoms with Crippen LogP contribution in [0.2, 0.25) is 5.02 Å². The summed E-state index contributed by atoms with van der Waals surface area (Å²) in [7, 11) is 4.34. The van der Waals surface area contributed by atoms with Crippen molar-refractivity contribution in [2.75, 3.05) is 45.2 Å². The first-order valence-electron chi connectivity index (χ1n) is 7.49. The SMILES string of the molecule is CCNCc1ccc(N(C)CC2CCN(C)C2)c(Cl)c1. The van der Waals surface area contributed by atoms with Crippen LogP contribution in [-0.2, 0) is 6.54 Å². The Morgan fingerprint density at radius 3 is 2.85 bits per heavy atom. The normalized spacial score (nSPS) is 19.5. The third kappa shape index (κ3) is 4.11. The Balaban J connectivity index is 1.97. The standard InChI is InChI=1S/C16H26ClN3/c1-4-18-10-13-5-6-16(15(17)9-13)20(3)12-14-7-8-19(2)11-14/h5-6,9,14,18H,4,7-8,10-12H2,1-3H3. The fourth-order valence-corrected chi connectivity index (χ4v) is 3.25. The van der Waals surface area contributed by atoms with Crippen LogP contribution >= 0.6 is 11.6 Å². The molecular weight excluding hydrogens is 270 g/mol. The van der Waals surface area contributed by atoms with Gasteiger partial charge in [-0.15, -0.1) is 0 Å². The maximum Gasteiger partial charge on any atom is 0.0642 e. The first kappa shape index (κ1) is 15.6. The monoisotopic (exact) mass is 295 g/mol. The highest BCUT2D eigenvalue weighted by molar-refractivity contribution is 6.33. The third-order valence-electron chi connectivity index (χ3n) is 4.02. The molecule has 2 rings (SSSR count). The van der Waals surface area contributed by atoms with E-state index in [4.69, 9.17) is 11.6 Å². The summed E-state index contributed by atoms with van der Waals surface area (Å²) in [4.78, 5) is 4.70. The number of nitrogens with one attached hydrogen (secondary N) is 1. The van der Waals surface area contributed by atoms with Gasteiger partial charge in [-0.2, -0.15) is 0 Å². The van der Waals surface area contributed by atoms with Crippen LogP contribution in [-0.4, -0.2) is 45.2 Å². The lowest BCUT2D eigenvalue weighted by molar-refractivity contribution is 0.396. The minimum atomic E-state index is 0.752. The maximum atomic E-state index is 6.44. The van der Waals surface area contributed by atoms with E-state index in [-0.39, 0.29) is 0 Å². The maximum absolute atomic E-state index is 6.44. The highest BCUT2D eigenvalue weighted by Gasteiger charge is 2.21. The van der Waals surface area contributed by atoms with Crippen molar-refractivity contribution in [1.82, 2.24) is 10.2 Å². The van der Waals surface area contributed by atoms with Gasteiger partial charge in [0.1, 0.15) is 0 Å². The van der Waals surface area contributed by atoms with Crippen molar-refractivity contribution in [1.29, 1.82) is 0 Å². The van der Waals surface area contributed by atoms with E-state index in [2.05, 4.69) is 54.3 Å². The molecule has 0 saturated carbocycles. The first-order valence-corrected chi connectivity index (χ1v) is 7.86. The predicted molar refractivity (Wildman–Crippen MR) is 87.7 cm³/mol. The minimum absolute atomic E-state index is 0.752. The molecule has 112 valence electrons. The summed E-state index contributed by atoms with van der Waals surface area (Å²) in [5.74, 6) is 0.752. The van der Waals surface area contributed by atoms with Gasteiger partial charge in [0.15, 0.2) is 0 Å². The highest BCUT2D eigenvalue weighted by Crippen LogP contribution is 2.28. The van der Waals surface area contributed by atoms with Crippen LogP contribution < -0.4 is 10.2 Å². The van der Waals surface area contributed by atoms with E-state index < -0.39 is 0 Å². The van der Waals surface area contributed by atoms with Crippen molar-refractivity contribution < 1.29 is 0 Å². The van der Waals surface area contributed by atoms with Crippen molar-refractivity contribution in [3.8, 4) is 0 Å². The van der Waals surface area contributed by atoms with Gasteiger partial charge in [0, 0.05) is 26.7 Å². The second kappa shape index (κ2) is 7.30. The lowest BCUT2D eigenvalue weighted by Crippen LogP contribution is -2.27. The van der Waals surface area contributed by atoms with Gasteiger partial charge < -0.3 is 15.1 Å². The molecule has 1 heterocycles. The van der Waals surface area contributed by atoms with Gasteiger partial charge in [-0.1, -0.05) is 24.6 Å². The van der Waals surface area contributed by atoms with Crippen LogP contribution in [0.3, 0.4) is 0 Å². The lowest BCUT2D eigenvalue weighted by Gasteiger charge is -2.24. The third-order valence-corrected chi connectivity index (χ3v) is 4.33. The fourth-order valence-electron chi connectivity index (χ4n) is 2.90. The summed E-state index contributed by atoms with van der Waals surface area (Å²) in [5, 5.41) is 4.18. The van der Waals surface area contributed by atoms with Gasteiger partial charge in [0.2, 0.25) is 0 Å². The number of hydrogen-bond acceptors (Lipinski definition) is 3. The molecule has 1 aliphatic rings. The largest absolute Gasteiger partial charge is 0.373 e. The molecule has 0 spiro atoms. The van der Waals surface area contributed by atoms with Crippen LogP contribution in [0.4, 0.5) is 5.69 Å². The molecule has 1 fully saturated rings. The molecule has 1 aliphatic heterocycles. The van der Waals surface area contributed by atoms with E-state index in [0.717, 1.165) is 36.3 Å². The Morgan fingerprint density at radius 1 is 1.45 bits per heavy atom. The number of anilines is 1. The zero-order chi connectivity index (χ0) is 14.5. The molecule has 20 heavy (non-hydrogen) atoms. The predicted octanol–water partition coefficient (Wildman–Crippen LogP) is 2.84. The second-order valence-electron chi connectivity index (χ2n) is 5.86. The molecule has 0 radical (unpaired) electrons. The molecule has 1 N–H and O–H groups in total. The van der Waals surface area contributed by atoms with Gasteiger partial charge in [0.05, 0.1) is 10.7 Å². The fraction of sp³-hybridized carbons (Fsp3) is 0.625. The van der Waals surface area contributed by atoms with E-state index in [0.29, 0.717) is 0 Å². The molecule has 0 aliphatic carbocycles. The smallest absolute Gasteiger partial charge is 0.0642 e. The van der Waals surface area contributed by atoms with Crippen molar-refractivity contribution >= 4 is 17.3 Å². The van der Waals surface area contributed by atoms with Crippen LogP contribution in [0.25, 0.3) is 0 Å². The van der Waals surface area contributed by atoms with E-state index >= 15 is 0 Å². The van der Waals surface area contributed by atoms with Gasteiger partial charge in [-0.3, -0.25) is 0 Å². The van der Waals surface area contributed by atoms with Gasteiger partial charge in [-0.05, 0) is 50.2 Å². The zero-order valence-electron chi connectivity index (χ0n) is 12.8. The molecule has 1 saturated heterocycles. The summed E-state index contributed by atoms with van der Waals surface area (Å²) in [5.41, 5.74) is 2.39. The number of likely N-dealkylation sites (tertiary alicyclic amines) is 1. The molecule has 0 amide bonds. The van der Waals surface area contributed by atoms with E-state index in [1.165, 1.54) is 25.1 Å². The Hall–Kier alpha value is -0.770. The quantitative estimate of drug-likeness (QED) is 0.871. The lowest BCUT2D eigenvalue weighted by atomic mass is 10.1. The number of rotatable bonds is 6. The highest BCUT2D eigenvalue weighted by atomic mass is 35.5. The molecule has 1 atom stereocenters. The summed E-state index contributed by atoms with van der Waals surface area (Å²) in [6.07, 6.45) is 1.29. The van der Waals surface area contributed by atoms with E-state index in [1.807, 2.05) is 0 Å². The van der Waals surface area contributed by atoms with Crippen LogP contribution in [0.1, 0.15) is 18.9 Å². The summed E-state index contributed by atoms with van der Waals surface area (Å²) < 4.78 is 0. The number of halogens is 1. The van der Waals surface area contributed by atoms with Crippen molar-refractivity contribution in [2.45, 2.75) is 19.9 Å². The van der Waals surface area contributed by atoms with Crippen molar-refractivity contribution in [3.63, 3.8) is 0 Å². The zero-order valence-corrected chi connectivity index (χ0v) is 13.6. The van der Waals surface area contributed by atoms with E-state index in [1.54, 1.807) is 0 Å². The summed E-state index contributed by atoms with van der Waals surface area (Å²) >= 11 is 6.44. The summed E-state index contributed by atoms with van der Waals surface area (Å²) in [6, 6.07) is 6.39. The Morgan fingerprint density at radius 2 is 2.25 bits per heavy atom. The van der Waals surface area contributed by atoms with E-state index in [9.17, 15) is 0 Å². The number of hydrogen-bond donors (Lipinski definition) is 1.